The van der Waals surface area contributed by atoms with E-state index in [9.17, 15) is 4.79 Å². The van der Waals surface area contributed by atoms with Gasteiger partial charge in [0.2, 0.25) is 5.91 Å². The van der Waals surface area contributed by atoms with Crippen molar-refractivity contribution in [2.75, 3.05) is 5.32 Å². The van der Waals surface area contributed by atoms with Crippen LogP contribution in [-0.4, -0.2) is 20.7 Å². The van der Waals surface area contributed by atoms with Crippen molar-refractivity contribution >= 4 is 29.3 Å². The molecule has 5 nitrogen and oxygen atoms in total. The summed E-state index contributed by atoms with van der Waals surface area (Å²) in [5, 5.41) is 8.14. The summed E-state index contributed by atoms with van der Waals surface area (Å²) in [7, 11) is 0. The van der Waals surface area contributed by atoms with E-state index in [0.29, 0.717) is 17.3 Å². The van der Waals surface area contributed by atoms with Crippen LogP contribution in [0.3, 0.4) is 0 Å². The predicted octanol–water partition coefficient (Wildman–Crippen LogP) is 4.56. The molecule has 2 aromatic heterocycles. The Morgan fingerprint density at radius 3 is 2.74 bits per heavy atom. The molecule has 0 saturated carbocycles. The van der Waals surface area contributed by atoms with E-state index >= 15 is 0 Å². The summed E-state index contributed by atoms with van der Waals surface area (Å²) in [4.78, 5) is 16.3. The van der Waals surface area contributed by atoms with Gasteiger partial charge in [-0.1, -0.05) is 29.8 Å². The molecule has 0 bridgehead atoms. The molecule has 0 radical (unpaired) electrons. The average molecular weight is 381 g/mol. The minimum Gasteiger partial charge on any atom is -0.321 e. The van der Waals surface area contributed by atoms with E-state index in [-0.39, 0.29) is 5.91 Å². The maximum atomic E-state index is 12.2. The number of hydrogen-bond donors (Lipinski definition) is 1. The van der Waals surface area contributed by atoms with Crippen LogP contribution >= 0.6 is 11.6 Å². The van der Waals surface area contributed by atoms with Gasteiger partial charge >= 0.3 is 0 Å². The number of nitrogens with zero attached hydrogens (tertiary/aromatic N) is 3. The third-order valence-electron chi connectivity index (χ3n) is 4.41. The number of anilines is 1. The van der Waals surface area contributed by atoms with E-state index in [1.165, 1.54) is 6.08 Å². The first-order valence-electron chi connectivity index (χ1n) is 8.63. The first-order valence-corrected chi connectivity index (χ1v) is 9.00. The third kappa shape index (κ3) is 4.44. The van der Waals surface area contributed by atoms with E-state index in [0.717, 1.165) is 28.1 Å². The van der Waals surface area contributed by atoms with Crippen LogP contribution in [0.5, 0.6) is 0 Å². The summed E-state index contributed by atoms with van der Waals surface area (Å²) in [6.07, 6.45) is 6.64. The fourth-order valence-corrected chi connectivity index (χ4v) is 3.02. The van der Waals surface area contributed by atoms with Crippen LogP contribution in [0, 0.1) is 20.8 Å². The quantitative estimate of drug-likeness (QED) is 0.660. The Morgan fingerprint density at radius 1 is 1.22 bits per heavy atom. The molecule has 0 aliphatic heterocycles. The molecule has 138 valence electrons. The van der Waals surface area contributed by atoms with Crippen molar-refractivity contribution in [1.29, 1.82) is 0 Å². The number of nitrogens with one attached hydrogen (secondary N) is 1. The van der Waals surface area contributed by atoms with Gasteiger partial charge in [0.25, 0.3) is 0 Å². The number of carbonyl (C=O) groups is 1. The molecule has 2 heterocycles. The summed E-state index contributed by atoms with van der Waals surface area (Å²) in [6.45, 7) is 6.42. The van der Waals surface area contributed by atoms with Crippen LogP contribution in [0.4, 0.5) is 5.69 Å². The van der Waals surface area contributed by atoms with Crippen LogP contribution in [0.2, 0.25) is 5.02 Å². The lowest BCUT2D eigenvalue weighted by molar-refractivity contribution is -0.111. The number of amides is 1. The summed E-state index contributed by atoms with van der Waals surface area (Å²) >= 11 is 6.25. The number of carbonyl (C=O) groups excluding carboxylic acids is 1. The second-order valence-corrected chi connectivity index (χ2v) is 6.75. The van der Waals surface area contributed by atoms with Crippen LogP contribution < -0.4 is 5.32 Å². The molecular weight excluding hydrogens is 360 g/mol. The lowest BCUT2D eigenvalue weighted by atomic mass is 10.1. The van der Waals surface area contributed by atoms with E-state index < -0.39 is 0 Å². The van der Waals surface area contributed by atoms with Crippen molar-refractivity contribution in [1.82, 2.24) is 14.8 Å². The molecule has 0 fully saturated rings. The summed E-state index contributed by atoms with van der Waals surface area (Å²) in [5.41, 5.74) is 5.45. The van der Waals surface area contributed by atoms with Gasteiger partial charge in [0.1, 0.15) is 0 Å². The molecule has 3 aromatic rings. The highest BCUT2D eigenvalue weighted by Crippen LogP contribution is 2.20. The maximum Gasteiger partial charge on any atom is 0.248 e. The largest absolute Gasteiger partial charge is 0.321 e. The molecule has 0 atom stereocenters. The molecule has 0 unspecified atom stereocenters. The monoisotopic (exact) mass is 380 g/mol. The number of benzene rings is 1. The summed E-state index contributed by atoms with van der Waals surface area (Å²) in [5.74, 6) is -0.205. The first-order chi connectivity index (χ1) is 13.0. The van der Waals surface area contributed by atoms with Gasteiger partial charge in [-0.15, -0.1) is 0 Å². The van der Waals surface area contributed by atoms with Crippen molar-refractivity contribution in [2.45, 2.75) is 27.3 Å². The predicted molar refractivity (Wildman–Crippen MR) is 109 cm³/mol. The SMILES string of the molecule is Cc1ccncc1NC(=O)C=Cc1c(C)nn(Cc2ccccc2Cl)c1C. The number of halogens is 1. The topological polar surface area (TPSA) is 59.8 Å². The number of rotatable bonds is 5. The van der Waals surface area contributed by atoms with Crippen LogP contribution in [-0.2, 0) is 11.3 Å². The molecule has 3 rings (SSSR count). The minimum absolute atomic E-state index is 0.205. The van der Waals surface area contributed by atoms with Gasteiger partial charge < -0.3 is 5.32 Å². The molecule has 27 heavy (non-hydrogen) atoms. The van der Waals surface area contributed by atoms with Crippen molar-refractivity contribution in [3.8, 4) is 0 Å². The molecule has 0 saturated heterocycles. The second kappa shape index (κ2) is 8.18. The number of pyridine rings is 1. The zero-order valence-corrected chi connectivity index (χ0v) is 16.3. The first kappa shape index (κ1) is 18.9. The van der Waals surface area contributed by atoms with Crippen molar-refractivity contribution in [3.05, 3.63) is 81.9 Å². The molecule has 0 spiro atoms. The van der Waals surface area contributed by atoms with Crippen LogP contribution in [0.25, 0.3) is 6.08 Å². The van der Waals surface area contributed by atoms with Gasteiger partial charge in [-0.05, 0) is 50.1 Å². The van der Waals surface area contributed by atoms with Crippen molar-refractivity contribution in [2.24, 2.45) is 0 Å². The fourth-order valence-electron chi connectivity index (χ4n) is 2.82. The molecule has 1 N–H and O–H groups in total. The fraction of sp³-hybridized carbons (Fsp3) is 0.190. The van der Waals surface area contributed by atoms with Gasteiger partial charge in [0, 0.05) is 28.6 Å². The second-order valence-electron chi connectivity index (χ2n) is 6.35. The summed E-state index contributed by atoms with van der Waals surface area (Å²) in [6, 6.07) is 9.57. The zero-order valence-electron chi connectivity index (χ0n) is 15.5. The average Bonchev–Trinajstić information content (AvgIpc) is 2.90. The molecule has 1 aromatic carbocycles. The Balaban J connectivity index is 1.76. The highest BCUT2D eigenvalue weighted by Gasteiger charge is 2.11. The maximum absolute atomic E-state index is 12.2. The minimum atomic E-state index is -0.205. The number of aromatic nitrogens is 3. The van der Waals surface area contributed by atoms with Gasteiger partial charge in [-0.2, -0.15) is 5.10 Å². The van der Waals surface area contributed by atoms with Gasteiger partial charge in [-0.25, -0.2) is 0 Å². The standard InChI is InChI=1S/C21H21ClN4O/c1-14-10-11-23-12-20(14)24-21(27)9-8-18-15(2)25-26(16(18)3)13-17-6-4-5-7-19(17)22/h4-12H,13H2,1-3H3,(H,24,27). The van der Waals surface area contributed by atoms with Crippen LogP contribution in [0.1, 0.15) is 28.1 Å². The molecular formula is C21H21ClN4O. The molecule has 0 aliphatic rings. The zero-order chi connectivity index (χ0) is 19.4. The number of aryl methyl sites for hydroxylation is 2. The van der Waals surface area contributed by atoms with Gasteiger partial charge in [-0.3, -0.25) is 14.5 Å². The third-order valence-corrected chi connectivity index (χ3v) is 4.78. The Bertz CT molecular complexity index is 1010. The van der Waals surface area contributed by atoms with E-state index in [2.05, 4.69) is 15.4 Å². The molecule has 6 heteroatoms. The van der Waals surface area contributed by atoms with Crippen molar-refractivity contribution < 1.29 is 4.79 Å². The Morgan fingerprint density at radius 2 is 2.00 bits per heavy atom. The molecule has 0 aliphatic carbocycles. The highest BCUT2D eigenvalue weighted by molar-refractivity contribution is 6.31. The van der Waals surface area contributed by atoms with Crippen LogP contribution in [0.15, 0.2) is 48.8 Å². The lowest BCUT2D eigenvalue weighted by Gasteiger charge is -2.07. The van der Waals surface area contributed by atoms with Crippen molar-refractivity contribution in [3.63, 3.8) is 0 Å². The Hall–Kier alpha value is -2.92. The highest BCUT2D eigenvalue weighted by atomic mass is 35.5. The van der Waals surface area contributed by atoms with Gasteiger partial charge in [0.05, 0.1) is 24.1 Å². The Kier molecular flexibility index (Phi) is 5.72. The number of hydrogen-bond acceptors (Lipinski definition) is 3. The van der Waals surface area contributed by atoms with Gasteiger partial charge in [0.15, 0.2) is 0 Å². The Labute approximate surface area is 163 Å². The van der Waals surface area contributed by atoms with E-state index in [1.807, 2.05) is 55.8 Å². The lowest BCUT2D eigenvalue weighted by Crippen LogP contribution is -2.09. The smallest absolute Gasteiger partial charge is 0.248 e. The van der Waals surface area contributed by atoms with E-state index in [4.69, 9.17) is 11.6 Å². The molecule has 1 amide bonds. The van der Waals surface area contributed by atoms with E-state index in [1.54, 1.807) is 18.5 Å². The normalized spacial score (nSPS) is 11.1. The summed E-state index contributed by atoms with van der Waals surface area (Å²) < 4.78 is 1.90.